The van der Waals surface area contributed by atoms with Crippen molar-refractivity contribution in [2.75, 3.05) is 48.3 Å². The van der Waals surface area contributed by atoms with Crippen LogP contribution >= 0.6 is 11.8 Å². The van der Waals surface area contributed by atoms with E-state index in [2.05, 4.69) is 33.5 Å². The first-order chi connectivity index (χ1) is 13.6. The number of rotatable bonds is 4. The Labute approximate surface area is 170 Å². The monoisotopic (exact) mass is 402 g/mol. The SMILES string of the molecule is CCC1(CO)CN(c2nc(N3CCSC4(CCCC4)C3)nc3ncn(C)c23)C1. The zero-order valence-electron chi connectivity index (χ0n) is 16.9. The summed E-state index contributed by atoms with van der Waals surface area (Å²) in [5.74, 6) is 2.94. The molecule has 1 N–H and O–H groups in total. The molecule has 0 atom stereocenters. The topological polar surface area (TPSA) is 70.3 Å². The molecule has 2 aliphatic heterocycles. The number of aliphatic hydroxyl groups excluding tert-OH is 1. The zero-order valence-corrected chi connectivity index (χ0v) is 17.7. The summed E-state index contributed by atoms with van der Waals surface area (Å²) < 4.78 is 2.41. The minimum Gasteiger partial charge on any atom is -0.396 e. The van der Waals surface area contributed by atoms with Crippen molar-refractivity contribution in [3.63, 3.8) is 0 Å². The molecule has 2 aromatic heterocycles. The maximum absolute atomic E-state index is 9.82. The molecule has 0 bridgehead atoms. The first-order valence-electron chi connectivity index (χ1n) is 10.5. The maximum Gasteiger partial charge on any atom is 0.229 e. The molecule has 1 aliphatic carbocycles. The van der Waals surface area contributed by atoms with E-state index in [1.54, 1.807) is 0 Å². The lowest BCUT2D eigenvalue weighted by Crippen LogP contribution is -2.58. The van der Waals surface area contributed by atoms with Gasteiger partial charge in [-0.05, 0) is 19.3 Å². The quantitative estimate of drug-likeness (QED) is 0.842. The van der Waals surface area contributed by atoms with E-state index in [1.165, 1.54) is 25.7 Å². The maximum atomic E-state index is 9.82. The normalized spacial score (nSPS) is 23.5. The summed E-state index contributed by atoms with van der Waals surface area (Å²) in [5.41, 5.74) is 1.78. The van der Waals surface area contributed by atoms with E-state index in [1.807, 2.05) is 17.9 Å². The number of aliphatic hydroxyl groups is 1. The van der Waals surface area contributed by atoms with Crippen LogP contribution in [-0.2, 0) is 7.05 Å². The van der Waals surface area contributed by atoms with Crippen molar-refractivity contribution in [1.29, 1.82) is 0 Å². The molecule has 8 heteroatoms. The molecule has 28 heavy (non-hydrogen) atoms. The fraction of sp³-hybridized carbons (Fsp3) is 0.750. The fourth-order valence-electron chi connectivity index (χ4n) is 5.07. The number of aromatic nitrogens is 4. The van der Waals surface area contributed by atoms with Gasteiger partial charge in [0.1, 0.15) is 5.52 Å². The Balaban J connectivity index is 1.49. The van der Waals surface area contributed by atoms with E-state index in [0.717, 1.165) is 61.3 Å². The number of thioether (sulfide) groups is 1. The Hall–Kier alpha value is -1.54. The summed E-state index contributed by atoms with van der Waals surface area (Å²) in [5, 5.41) is 9.82. The Morgan fingerprint density at radius 2 is 1.93 bits per heavy atom. The van der Waals surface area contributed by atoms with Crippen LogP contribution in [0.1, 0.15) is 39.0 Å². The van der Waals surface area contributed by atoms with Crippen LogP contribution in [0.4, 0.5) is 11.8 Å². The van der Waals surface area contributed by atoms with Crippen LogP contribution in [-0.4, -0.2) is 67.9 Å². The molecule has 3 fully saturated rings. The second-order valence-corrected chi connectivity index (χ2v) is 10.5. The molecule has 0 unspecified atom stereocenters. The molecule has 152 valence electrons. The average molecular weight is 403 g/mol. The molecule has 2 aromatic rings. The third kappa shape index (κ3) is 2.87. The van der Waals surface area contributed by atoms with Gasteiger partial charge in [-0.3, -0.25) is 0 Å². The lowest BCUT2D eigenvalue weighted by Gasteiger charge is -2.49. The van der Waals surface area contributed by atoms with Crippen LogP contribution < -0.4 is 9.80 Å². The lowest BCUT2D eigenvalue weighted by atomic mass is 9.78. The highest BCUT2D eigenvalue weighted by atomic mass is 32.2. The van der Waals surface area contributed by atoms with Crippen molar-refractivity contribution in [1.82, 2.24) is 19.5 Å². The summed E-state index contributed by atoms with van der Waals surface area (Å²) in [4.78, 5) is 19.1. The lowest BCUT2D eigenvalue weighted by molar-refractivity contribution is 0.0879. The molecule has 0 amide bonds. The van der Waals surface area contributed by atoms with Gasteiger partial charge in [0.25, 0.3) is 0 Å². The first kappa shape index (κ1) is 18.5. The molecule has 0 radical (unpaired) electrons. The standard InChI is InChI=1S/C20H30N6OS/c1-3-19(13-27)10-26(11-19)17-15-16(21-14-24(15)2)22-18(23-17)25-8-9-28-20(12-25)6-4-5-7-20/h14,27H,3-13H2,1-2H3. The van der Waals surface area contributed by atoms with E-state index in [-0.39, 0.29) is 12.0 Å². The second-order valence-electron chi connectivity index (χ2n) is 8.90. The summed E-state index contributed by atoms with van der Waals surface area (Å²) >= 11 is 2.16. The number of anilines is 2. The summed E-state index contributed by atoms with van der Waals surface area (Å²) in [7, 11) is 2.01. The van der Waals surface area contributed by atoms with Crippen molar-refractivity contribution >= 4 is 34.7 Å². The third-order valence-electron chi connectivity index (χ3n) is 7.02. The van der Waals surface area contributed by atoms with Crippen LogP contribution in [0.3, 0.4) is 0 Å². The Bertz CT molecular complexity index is 865. The molecular weight excluding hydrogens is 372 g/mol. The van der Waals surface area contributed by atoms with Crippen molar-refractivity contribution in [3.05, 3.63) is 6.33 Å². The minimum atomic E-state index is 0.00565. The van der Waals surface area contributed by atoms with Crippen molar-refractivity contribution in [2.45, 2.75) is 43.8 Å². The molecule has 5 rings (SSSR count). The van der Waals surface area contributed by atoms with Gasteiger partial charge in [0.2, 0.25) is 5.95 Å². The molecule has 3 aliphatic rings. The van der Waals surface area contributed by atoms with Crippen LogP contribution in [0, 0.1) is 5.41 Å². The molecular formula is C20H30N6OS. The van der Waals surface area contributed by atoms with E-state index in [4.69, 9.17) is 9.97 Å². The van der Waals surface area contributed by atoms with Gasteiger partial charge >= 0.3 is 0 Å². The largest absolute Gasteiger partial charge is 0.396 e. The fourth-order valence-corrected chi connectivity index (χ4v) is 6.64. The van der Waals surface area contributed by atoms with Crippen LogP contribution in [0.2, 0.25) is 0 Å². The smallest absolute Gasteiger partial charge is 0.229 e. The van der Waals surface area contributed by atoms with Gasteiger partial charge < -0.3 is 19.5 Å². The number of imidazole rings is 1. The van der Waals surface area contributed by atoms with E-state index >= 15 is 0 Å². The number of hydrogen-bond acceptors (Lipinski definition) is 7. The van der Waals surface area contributed by atoms with Gasteiger partial charge in [0.05, 0.1) is 12.9 Å². The summed E-state index contributed by atoms with van der Waals surface area (Å²) in [6.45, 7) is 6.13. The minimum absolute atomic E-state index is 0.00565. The molecule has 1 saturated carbocycles. The predicted molar refractivity (Wildman–Crippen MR) is 114 cm³/mol. The summed E-state index contributed by atoms with van der Waals surface area (Å²) in [6.07, 6.45) is 8.14. The van der Waals surface area contributed by atoms with Crippen LogP contribution in [0.5, 0.6) is 0 Å². The highest BCUT2D eigenvalue weighted by molar-refractivity contribution is 8.00. The van der Waals surface area contributed by atoms with E-state index in [0.29, 0.717) is 4.75 Å². The molecule has 4 heterocycles. The van der Waals surface area contributed by atoms with Gasteiger partial charge in [-0.1, -0.05) is 19.8 Å². The highest BCUT2D eigenvalue weighted by Gasteiger charge is 2.43. The van der Waals surface area contributed by atoms with Crippen LogP contribution in [0.15, 0.2) is 6.33 Å². The zero-order chi connectivity index (χ0) is 19.4. The van der Waals surface area contributed by atoms with Gasteiger partial charge in [0, 0.05) is 49.1 Å². The number of fused-ring (bicyclic) bond motifs is 1. The second kappa shape index (κ2) is 6.76. The first-order valence-corrected chi connectivity index (χ1v) is 11.5. The number of aryl methyl sites for hydroxylation is 1. The Kier molecular flexibility index (Phi) is 4.46. The predicted octanol–water partition coefficient (Wildman–Crippen LogP) is 2.44. The van der Waals surface area contributed by atoms with Gasteiger partial charge in [0.15, 0.2) is 11.5 Å². The molecule has 2 saturated heterocycles. The van der Waals surface area contributed by atoms with E-state index in [9.17, 15) is 5.11 Å². The average Bonchev–Trinajstić information content (AvgIpc) is 3.28. The van der Waals surface area contributed by atoms with Crippen molar-refractivity contribution in [2.24, 2.45) is 12.5 Å². The Morgan fingerprint density at radius 3 is 2.64 bits per heavy atom. The highest BCUT2D eigenvalue weighted by Crippen LogP contribution is 2.45. The summed E-state index contributed by atoms with van der Waals surface area (Å²) in [6, 6.07) is 0. The third-order valence-corrected chi connectivity index (χ3v) is 8.56. The molecule has 7 nitrogen and oxygen atoms in total. The van der Waals surface area contributed by atoms with Crippen LogP contribution in [0.25, 0.3) is 11.2 Å². The molecule has 1 spiro atoms. The van der Waals surface area contributed by atoms with Crippen molar-refractivity contribution in [3.8, 4) is 0 Å². The number of nitrogens with zero attached hydrogens (tertiary/aromatic N) is 6. The van der Waals surface area contributed by atoms with Crippen molar-refractivity contribution < 1.29 is 5.11 Å². The Morgan fingerprint density at radius 1 is 1.14 bits per heavy atom. The molecule has 0 aromatic carbocycles. The van der Waals surface area contributed by atoms with Gasteiger partial charge in [-0.2, -0.15) is 21.7 Å². The van der Waals surface area contributed by atoms with E-state index < -0.39 is 0 Å². The van der Waals surface area contributed by atoms with Gasteiger partial charge in [-0.25, -0.2) is 4.98 Å². The number of hydrogen-bond donors (Lipinski definition) is 1. The van der Waals surface area contributed by atoms with Gasteiger partial charge in [-0.15, -0.1) is 0 Å².